The standard InChI is InChI=1S/C29H24FN3O6/c1-17(34)22-13-10-20(30)15-23(22)24-16-26(35)33(32-28(24)39-2)25(14-18-6-4-3-5-7-18)27(36)31-21-11-8-19(9-12-21)29(37)38/h3-13,15-16,25H,14H2,1-2H3,(H,31,36)(H,37,38)/t25-/m0/s1. The number of carbonyl (C=O) groups is 3. The molecule has 0 aliphatic rings. The molecule has 0 radical (unpaired) electrons. The highest BCUT2D eigenvalue weighted by atomic mass is 19.1. The molecule has 0 saturated heterocycles. The molecule has 0 saturated carbocycles. The second kappa shape index (κ2) is 11.5. The summed E-state index contributed by atoms with van der Waals surface area (Å²) in [5.74, 6) is -2.73. The zero-order valence-electron chi connectivity index (χ0n) is 21.1. The van der Waals surface area contributed by atoms with E-state index in [1.54, 1.807) is 24.3 Å². The summed E-state index contributed by atoms with van der Waals surface area (Å²) in [6.07, 6.45) is 0.0912. The van der Waals surface area contributed by atoms with Crippen molar-refractivity contribution in [3.05, 3.63) is 112 Å². The van der Waals surface area contributed by atoms with Crippen LogP contribution in [0.1, 0.15) is 39.2 Å². The predicted octanol–water partition coefficient (Wildman–Crippen LogP) is 4.38. The number of anilines is 1. The van der Waals surface area contributed by atoms with Gasteiger partial charge in [0, 0.05) is 29.3 Å². The van der Waals surface area contributed by atoms with E-state index in [9.17, 15) is 23.6 Å². The Balaban J connectivity index is 1.79. The third kappa shape index (κ3) is 6.07. The highest BCUT2D eigenvalue weighted by molar-refractivity contribution is 6.01. The molecular formula is C29H24FN3O6. The van der Waals surface area contributed by atoms with Crippen LogP contribution in [0.15, 0.2) is 83.7 Å². The third-order valence-corrected chi connectivity index (χ3v) is 6.04. The van der Waals surface area contributed by atoms with Gasteiger partial charge in [-0.3, -0.25) is 14.4 Å². The summed E-state index contributed by atoms with van der Waals surface area (Å²) in [5.41, 5.74) is 0.865. The Labute approximate surface area is 222 Å². The maximum absolute atomic E-state index is 14.1. The van der Waals surface area contributed by atoms with Crippen LogP contribution < -0.4 is 15.6 Å². The van der Waals surface area contributed by atoms with Gasteiger partial charge in [0.1, 0.15) is 11.9 Å². The molecule has 1 amide bonds. The van der Waals surface area contributed by atoms with Gasteiger partial charge in [0.25, 0.3) is 5.56 Å². The SMILES string of the molecule is COc1nn([C@@H](Cc2ccccc2)C(=O)Nc2ccc(C(=O)O)cc2)c(=O)cc1-c1cc(F)ccc1C(C)=O. The van der Waals surface area contributed by atoms with Crippen molar-refractivity contribution in [2.24, 2.45) is 0 Å². The second-order valence-corrected chi connectivity index (χ2v) is 8.67. The normalized spacial score (nSPS) is 11.5. The minimum absolute atomic E-state index is 0.0503. The minimum atomic E-state index is -1.14. The van der Waals surface area contributed by atoms with E-state index in [4.69, 9.17) is 9.84 Å². The van der Waals surface area contributed by atoms with Gasteiger partial charge < -0.3 is 15.2 Å². The number of ketones is 1. The molecule has 2 N–H and O–H groups in total. The minimum Gasteiger partial charge on any atom is -0.480 e. The number of aromatic carboxylic acids is 1. The van der Waals surface area contributed by atoms with E-state index in [0.717, 1.165) is 28.4 Å². The van der Waals surface area contributed by atoms with Crippen LogP contribution >= 0.6 is 0 Å². The lowest BCUT2D eigenvalue weighted by Gasteiger charge is -2.20. The average molecular weight is 530 g/mol. The lowest BCUT2D eigenvalue weighted by Crippen LogP contribution is -2.36. The molecule has 0 aliphatic heterocycles. The number of amides is 1. The number of halogens is 1. The fourth-order valence-corrected chi connectivity index (χ4v) is 4.11. The van der Waals surface area contributed by atoms with Gasteiger partial charge in [0.05, 0.1) is 18.2 Å². The van der Waals surface area contributed by atoms with E-state index >= 15 is 0 Å². The summed E-state index contributed by atoms with van der Waals surface area (Å²) in [4.78, 5) is 50.2. The van der Waals surface area contributed by atoms with E-state index in [0.29, 0.717) is 5.69 Å². The molecule has 0 fully saturated rings. The first kappa shape index (κ1) is 26.9. The van der Waals surface area contributed by atoms with E-state index in [2.05, 4.69) is 10.4 Å². The van der Waals surface area contributed by atoms with Crippen molar-refractivity contribution in [2.45, 2.75) is 19.4 Å². The van der Waals surface area contributed by atoms with Gasteiger partial charge >= 0.3 is 5.97 Å². The number of carboxylic acids is 1. The van der Waals surface area contributed by atoms with E-state index in [1.165, 1.54) is 44.4 Å². The lowest BCUT2D eigenvalue weighted by atomic mass is 9.98. The van der Waals surface area contributed by atoms with Gasteiger partial charge in [0.2, 0.25) is 11.8 Å². The van der Waals surface area contributed by atoms with Gasteiger partial charge in [-0.1, -0.05) is 30.3 Å². The van der Waals surface area contributed by atoms with Crippen molar-refractivity contribution in [1.29, 1.82) is 0 Å². The van der Waals surface area contributed by atoms with Gasteiger partial charge in [-0.25, -0.2) is 13.9 Å². The van der Waals surface area contributed by atoms with E-state index in [1.807, 2.05) is 6.07 Å². The fraction of sp³-hybridized carbons (Fsp3) is 0.138. The molecule has 0 spiro atoms. The van der Waals surface area contributed by atoms with Crippen LogP contribution in [0.5, 0.6) is 5.88 Å². The van der Waals surface area contributed by atoms with E-state index in [-0.39, 0.29) is 40.3 Å². The van der Waals surface area contributed by atoms with Crippen LogP contribution in [0.4, 0.5) is 10.1 Å². The highest BCUT2D eigenvalue weighted by Crippen LogP contribution is 2.31. The molecule has 1 heterocycles. The Hall–Kier alpha value is -5.12. The number of nitrogens with one attached hydrogen (secondary N) is 1. The molecule has 0 unspecified atom stereocenters. The Morgan fingerprint density at radius 2 is 1.69 bits per heavy atom. The first-order valence-corrected chi connectivity index (χ1v) is 11.8. The zero-order valence-corrected chi connectivity index (χ0v) is 21.1. The van der Waals surface area contributed by atoms with Crippen LogP contribution in [0, 0.1) is 5.82 Å². The smallest absolute Gasteiger partial charge is 0.335 e. The Bertz CT molecular complexity index is 1600. The van der Waals surface area contributed by atoms with Crippen molar-refractivity contribution >= 4 is 23.3 Å². The number of aromatic nitrogens is 2. The number of Topliss-reactive ketones (excluding diaryl/α,β-unsaturated/α-hetero) is 1. The molecule has 10 heteroatoms. The highest BCUT2D eigenvalue weighted by Gasteiger charge is 2.26. The number of hydrogen-bond acceptors (Lipinski definition) is 6. The molecule has 0 aliphatic carbocycles. The van der Waals surface area contributed by atoms with Gasteiger partial charge in [-0.05, 0) is 55.0 Å². The number of rotatable bonds is 9. The number of methoxy groups -OCH3 is 1. The molecule has 39 heavy (non-hydrogen) atoms. The maximum atomic E-state index is 14.1. The second-order valence-electron chi connectivity index (χ2n) is 8.67. The molecule has 4 rings (SSSR count). The first-order valence-electron chi connectivity index (χ1n) is 11.8. The summed E-state index contributed by atoms with van der Waals surface area (Å²) in [5, 5.41) is 16.1. The summed E-state index contributed by atoms with van der Waals surface area (Å²) in [7, 11) is 1.31. The molecule has 1 aromatic heterocycles. The summed E-state index contributed by atoms with van der Waals surface area (Å²) in [6.45, 7) is 1.32. The number of carbonyl (C=O) groups excluding carboxylic acids is 2. The van der Waals surface area contributed by atoms with Gasteiger partial charge in [-0.2, -0.15) is 0 Å². The topological polar surface area (TPSA) is 128 Å². The van der Waals surface area contributed by atoms with Crippen LogP contribution in [0.3, 0.4) is 0 Å². The molecule has 1 atom stereocenters. The van der Waals surface area contributed by atoms with E-state index < -0.39 is 29.3 Å². The summed E-state index contributed by atoms with van der Waals surface area (Å²) < 4.78 is 20.5. The number of nitrogens with zero attached hydrogens (tertiary/aromatic N) is 2. The van der Waals surface area contributed by atoms with Crippen LogP contribution in [0.2, 0.25) is 0 Å². The zero-order chi connectivity index (χ0) is 28.1. The van der Waals surface area contributed by atoms with Crippen molar-refractivity contribution in [1.82, 2.24) is 9.78 Å². The molecule has 9 nitrogen and oxygen atoms in total. The van der Waals surface area contributed by atoms with Crippen molar-refractivity contribution in [2.75, 3.05) is 12.4 Å². The largest absolute Gasteiger partial charge is 0.480 e. The maximum Gasteiger partial charge on any atom is 0.335 e. The van der Waals surface area contributed by atoms with Crippen molar-refractivity contribution in [3.8, 4) is 17.0 Å². The van der Waals surface area contributed by atoms with Gasteiger partial charge in [-0.15, -0.1) is 5.10 Å². The average Bonchev–Trinajstić information content (AvgIpc) is 2.92. The quantitative estimate of drug-likeness (QED) is 0.308. The van der Waals surface area contributed by atoms with Crippen molar-refractivity contribution < 1.29 is 28.6 Å². The Morgan fingerprint density at radius 1 is 1.00 bits per heavy atom. The Kier molecular flexibility index (Phi) is 7.95. The summed E-state index contributed by atoms with van der Waals surface area (Å²) >= 11 is 0. The molecule has 4 aromatic rings. The Morgan fingerprint density at radius 3 is 2.31 bits per heavy atom. The first-order chi connectivity index (χ1) is 18.7. The van der Waals surface area contributed by atoms with Crippen LogP contribution in [0.25, 0.3) is 11.1 Å². The lowest BCUT2D eigenvalue weighted by molar-refractivity contribution is -0.119. The molecule has 198 valence electrons. The monoisotopic (exact) mass is 529 g/mol. The summed E-state index contributed by atoms with van der Waals surface area (Å²) in [6, 6.07) is 18.2. The van der Waals surface area contributed by atoms with Crippen molar-refractivity contribution in [3.63, 3.8) is 0 Å². The molecule has 3 aromatic carbocycles. The number of ether oxygens (including phenoxy) is 1. The number of carboxylic acid groups (broad SMARTS) is 1. The molecular weight excluding hydrogens is 505 g/mol. The fourth-order valence-electron chi connectivity index (χ4n) is 4.11. The van der Waals surface area contributed by atoms with Gasteiger partial charge in [0.15, 0.2) is 5.78 Å². The predicted molar refractivity (Wildman–Crippen MR) is 142 cm³/mol. The molecule has 0 bridgehead atoms. The number of hydrogen-bond donors (Lipinski definition) is 2. The number of benzene rings is 3. The third-order valence-electron chi connectivity index (χ3n) is 6.04. The van der Waals surface area contributed by atoms with Crippen LogP contribution in [-0.4, -0.2) is 39.7 Å². The van der Waals surface area contributed by atoms with Crippen LogP contribution in [-0.2, 0) is 11.2 Å².